The zero-order valence-electron chi connectivity index (χ0n) is 14.0. The van der Waals surface area contributed by atoms with E-state index in [1.54, 1.807) is 26.0 Å². The molecule has 2 heterocycles. The van der Waals surface area contributed by atoms with Crippen LogP contribution in [0.1, 0.15) is 49.4 Å². The Bertz CT molecular complexity index is 885. The fourth-order valence-corrected chi connectivity index (χ4v) is 2.79. The number of H-pyrrole nitrogens is 1. The zero-order chi connectivity index (χ0) is 18.1. The van der Waals surface area contributed by atoms with Crippen molar-refractivity contribution in [3.8, 4) is 11.5 Å². The van der Waals surface area contributed by atoms with Gasteiger partial charge in [0.2, 0.25) is 6.79 Å². The van der Waals surface area contributed by atoms with Crippen LogP contribution in [0.3, 0.4) is 0 Å². The van der Waals surface area contributed by atoms with Gasteiger partial charge in [-0.2, -0.15) is 0 Å². The third-order valence-corrected chi connectivity index (χ3v) is 3.94. The molecule has 0 bridgehead atoms. The number of carbonyl (C=O) groups excluding carboxylic acids is 3. The molecule has 3 N–H and O–H groups in total. The highest BCUT2D eigenvalue weighted by Crippen LogP contribution is 2.32. The van der Waals surface area contributed by atoms with Crippen LogP contribution >= 0.6 is 0 Å². The summed E-state index contributed by atoms with van der Waals surface area (Å²) in [5, 5.41) is 0. The van der Waals surface area contributed by atoms with E-state index in [0.29, 0.717) is 33.9 Å². The van der Waals surface area contributed by atoms with E-state index in [-0.39, 0.29) is 18.3 Å². The van der Waals surface area contributed by atoms with E-state index in [1.165, 1.54) is 13.0 Å². The second-order valence-corrected chi connectivity index (χ2v) is 5.66. The molecule has 3 rings (SSSR count). The van der Waals surface area contributed by atoms with Gasteiger partial charge in [-0.3, -0.25) is 25.2 Å². The minimum atomic E-state index is -0.540. The number of aryl methyl sites for hydroxylation is 1. The number of nitrogens with one attached hydrogen (secondary N) is 3. The van der Waals surface area contributed by atoms with Gasteiger partial charge in [-0.05, 0) is 44.5 Å². The molecule has 1 aliphatic heterocycles. The SMILES string of the molecule is CC(=O)c1c(C)[nH]c(C(=O)NNC(=O)c2ccc3c(c2)OCO3)c1C. The fraction of sp³-hybridized carbons (Fsp3) is 0.235. The second-order valence-electron chi connectivity index (χ2n) is 5.66. The van der Waals surface area contributed by atoms with Gasteiger partial charge >= 0.3 is 0 Å². The molecule has 130 valence electrons. The first-order chi connectivity index (χ1) is 11.9. The van der Waals surface area contributed by atoms with Crippen molar-refractivity contribution in [3.05, 3.63) is 46.3 Å². The maximum atomic E-state index is 12.3. The molecule has 1 aliphatic rings. The minimum Gasteiger partial charge on any atom is -0.454 e. The van der Waals surface area contributed by atoms with E-state index >= 15 is 0 Å². The summed E-state index contributed by atoms with van der Waals surface area (Å²) in [7, 11) is 0. The molecule has 0 radical (unpaired) electrons. The predicted molar refractivity (Wildman–Crippen MR) is 87.8 cm³/mol. The molecule has 2 amide bonds. The van der Waals surface area contributed by atoms with Crippen molar-refractivity contribution in [2.75, 3.05) is 6.79 Å². The molecule has 0 aliphatic carbocycles. The van der Waals surface area contributed by atoms with Gasteiger partial charge < -0.3 is 14.5 Å². The highest BCUT2D eigenvalue weighted by Gasteiger charge is 2.21. The van der Waals surface area contributed by atoms with Crippen LogP contribution < -0.4 is 20.3 Å². The summed E-state index contributed by atoms with van der Waals surface area (Å²) < 4.78 is 10.4. The average Bonchev–Trinajstić information content (AvgIpc) is 3.15. The van der Waals surface area contributed by atoms with Crippen LogP contribution in [0.25, 0.3) is 0 Å². The number of carbonyl (C=O) groups is 3. The number of aromatic nitrogens is 1. The van der Waals surface area contributed by atoms with E-state index in [2.05, 4.69) is 15.8 Å². The predicted octanol–water partition coefficient (Wildman–Crippen LogP) is 1.64. The monoisotopic (exact) mass is 343 g/mol. The van der Waals surface area contributed by atoms with E-state index in [9.17, 15) is 14.4 Å². The summed E-state index contributed by atoms with van der Waals surface area (Å²) in [6.07, 6.45) is 0. The molecule has 0 saturated heterocycles. The number of fused-ring (bicyclic) bond motifs is 1. The summed E-state index contributed by atoms with van der Waals surface area (Å²) in [5.41, 5.74) is 6.84. The number of ether oxygens (including phenoxy) is 2. The first-order valence-electron chi connectivity index (χ1n) is 7.59. The molecule has 0 fully saturated rings. The van der Waals surface area contributed by atoms with Crippen LogP contribution in [0.4, 0.5) is 0 Å². The molecule has 2 aromatic rings. The number of ketones is 1. The molecule has 1 aromatic heterocycles. The number of Topliss-reactive ketones (excluding diaryl/α,β-unsaturated/α-hetero) is 1. The number of amides is 2. The number of hydrogen-bond acceptors (Lipinski definition) is 5. The van der Waals surface area contributed by atoms with Crippen LogP contribution in [-0.2, 0) is 0 Å². The Morgan fingerprint density at radius 2 is 1.72 bits per heavy atom. The lowest BCUT2D eigenvalue weighted by Gasteiger charge is -2.08. The summed E-state index contributed by atoms with van der Waals surface area (Å²) in [6.45, 7) is 4.94. The number of hydrogen-bond donors (Lipinski definition) is 3. The number of aromatic amines is 1. The minimum absolute atomic E-state index is 0.112. The Morgan fingerprint density at radius 1 is 1.04 bits per heavy atom. The largest absolute Gasteiger partial charge is 0.454 e. The molecular formula is C17H17N3O5. The highest BCUT2D eigenvalue weighted by atomic mass is 16.7. The molecule has 8 nitrogen and oxygen atoms in total. The molecule has 8 heteroatoms. The third kappa shape index (κ3) is 3.06. The Labute approximate surface area is 143 Å². The van der Waals surface area contributed by atoms with Gasteiger partial charge in [0.25, 0.3) is 11.8 Å². The lowest BCUT2D eigenvalue weighted by molar-refractivity contribution is 0.0843. The lowest BCUT2D eigenvalue weighted by atomic mass is 10.1. The fourth-order valence-electron chi connectivity index (χ4n) is 2.79. The number of rotatable bonds is 3. The number of hydrazine groups is 1. The first-order valence-corrected chi connectivity index (χ1v) is 7.59. The van der Waals surface area contributed by atoms with Gasteiger partial charge in [0, 0.05) is 16.8 Å². The smallest absolute Gasteiger partial charge is 0.286 e. The maximum absolute atomic E-state index is 12.3. The van der Waals surface area contributed by atoms with Gasteiger partial charge in [-0.1, -0.05) is 0 Å². The maximum Gasteiger partial charge on any atom is 0.286 e. The summed E-state index contributed by atoms with van der Waals surface area (Å²) in [4.78, 5) is 38.9. The third-order valence-electron chi connectivity index (χ3n) is 3.94. The Balaban J connectivity index is 1.69. The summed E-state index contributed by atoms with van der Waals surface area (Å²) in [5.74, 6) is -0.132. The van der Waals surface area contributed by atoms with Crippen LogP contribution in [0.15, 0.2) is 18.2 Å². The van der Waals surface area contributed by atoms with Crippen molar-refractivity contribution in [1.82, 2.24) is 15.8 Å². The standard InChI is InChI=1S/C17H17N3O5/c1-8-14(10(3)21)9(2)18-15(8)17(23)20-19-16(22)11-4-5-12-13(6-11)25-7-24-12/h4-6,18H,7H2,1-3H3,(H,19,22)(H,20,23). The van der Waals surface area contributed by atoms with Crippen LogP contribution in [0.5, 0.6) is 11.5 Å². The molecule has 0 saturated carbocycles. The van der Waals surface area contributed by atoms with Gasteiger partial charge in [-0.15, -0.1) is 0 Å². The van der Waals surface area contributed by atoms with Gasteiger partial charge in [0.15, 0.2) is 17.3 Å². The van der Waals surface area contributed by atoms with Crippen molar-refractivity contribution in [3.63, 3.8) is 0 Å². The quantitative estimate of drug-likeness (QED) is 0.580. The Kier molecular flexibility index (Phi) is 4.18. The van der Waals surface area contributed by atoms with Crippen molar-refractivity contribution in [1.29, 1.82) is 0 Å². The van der Waals surface area contributed by atoms with Gasteiger partial charge in [-0.25, -0.2) is 0 Å². The topological polar surface area (TPSA) is 110 Å². The molecule has 0 atom stereocenters. The molecule has 0 spiro atoms. The molecule has 0 unspecified atom stereocenters. The lowest BCUT2D eigenvalue weighted by Crippen LogP contribution is -2.42. The zero-order valence-corrected chi connectivity index (χ0v) is 14.0. The van der Waals surface area contributed by atoms with Crippen molar-refractivity contribution in [2.45, 2.75) is 20.8 Å². The van der Waals surface area contributed by atoms with Crippen LogP contribution in [-0.4, -0.2) is 29.4 Å². The van der Waals surface area contributed by atoms with E-state index in [4.69, 9.17) is 9.47 Å². The molecular weight excluding hydrogens is 326 g/mol. The van der Waals surface area contributed by atoms with Crippen molar-refractivity contribution in [2.24, 2.45) is 0 Å². The highest BCUT2D eigenvalue weighted by molar-refractivity contribution is 6.03. The summed E-state index contributed by atoms with van der Waals surface area (Å²) >= 11 is 0. The van der Waals surface area contributed by atoms with E-state index in [1.807, 2.05) is 0 Å². The Hall–Kier alpha value is -3.29. The molecule has 25 heavy (non-hydrogen) atoms. The Morgan fingerprint density at radius 3 is 2.40 bits per heavy atom. The van der Waals surface area contributed by atoms with Gasteiger partial charge in [0.1, 0.15) is 5.69 Å². The van der Waals surface area contributed by atoms with Crippen LogP contribution in [0, 0.1) is 13.8 Å². The second kappa shape index (κ2) is 6.31. The van der Waals surface area contributed by atoms with Gasteiger partial charge in [0.05, 0.1) is 0 Å². The first kappa shape index (κ1) is 16.6. The van der Waals surface area contributed by atoms with E-state index < -0.39 is 11.8 Å². The molecule has 1 aromatic carbocycles. The number of benzene rings is 1. The van der Waals surface area contributed by atoms with E-state index in [0.717, 1.165) is 0 Å². The summed E-state index contributed by atoms with van der Waals surface area (Å²) in [6, 6.07) is 4.71. The van der Waals surface area contributed by atoms with Crippen molar-refractivity contribution < 1.29 is 23.9 Å². The van der Waals surface area contributed by atoms with Crippen LogP contribution in [0.2, 0.25) is 0 Å². The average molecular weight is 343 g/mol. The van der Waals surface area contributed by atoms with Crippen molar-refractivity contribution >= 4 is 17.6 Å². The normalized spacial score (nSPS) is 12.0.